The van der Waals surface area contributed by atoms with Crippen LogP contribution in [0.4, 0.5) is 8.78 Å². The van der Waals surface area contributed by atoms with Gasteiger partial charge in [-0.3, -0.25) is 0 Å². The molecule has 0 bridgehead atoms. The Morgan fingerprint density at radius 3 is 2.42 bits per heavy atom. The first-order valence-corrected chi connectivity index (χ1v) is 6.48. The first-order valence-electron chi connectivity index (χ1n) is 6.48. The van der Waals surface area contributed by atoms with Crippen LogP contribution in [0.5, 0.6) is 0 Å². The lowest BCUT2D eigenvalue weighted by atomic mass is 10.1. The van der Waals surface area contributed by atoms with Crippen LogP contribution in [0.25, 0.3) is 0 Å². The van der Waals surface area contributed by atoms with E-state index in [0.29, 0.717) is 32.0 Å². The zero-order valence-corrected chi connectivity index (χ0v) is 10.9. The van der Waals surface area contributed by atoms with Gasteiger partial charge in [-0.15, -0.1) is 0 Å². The predicted octanol–water partition coefficient (Wildman–Crippen LogP) is 4.08. The monoisotopic (exact) mass is 268 g/mol. The molecule has 1 fully saturated rings. The first-order chi connectivity index (χ1) is 9.15. The SMILES string of the molecule is CC1COC(c2ccc(CCC=C(F)F)cc2)OC1. The van der Waals surface area contributed by atoms with Crippen LogP contribution in [0.1, 0.15) is 30.8 Å². The lowest BCUT2D eigenvalue weighted by Gasteiger charge is -2.27. The molecule has 0 N–H and O–H groups in total. The van der Waals surface area contributed by atoms with Crippen molar-refractivity contribution < 1.29 is 18.3 Å². The lowest BCUT2D eigenvalue weighted by molar-refractivity contribution is -0.202. The summed E-state index contributed by atoms with van der Waals surface area (Å²) in [4.78, 5) is 0. The fraction of sp³-hybridized carbons (Fsp3) is 0.467. The molecule has 0 saturated carbocycles. The minimum Gasteiger partial charge on any atom is -0.348 e. The molecular weight excluding hydrogens is 250 g/mol. The molecule has 0 atom stereocenters. The van der Waals surface area contributed by atoms with E-state index in [4.69, 9.17) is 9.47 Å². The maximum atomic E-state index is 11.9. The van der Waals surface area contributed by atoms with E-state index in [1.807, 2.05) is 24.3 Å². The van der Waals surface area contributed by atoms with Crippen LogP contribution in [0.15, 0.2) is 36.4 Å². The van der Waals surface area contributed by atoms with Crippen LogP contribution in [0, 0.1) is 5.92 Å². The van der Waals surface area contributed by atoms with Crippen LogP contribution in [0.3, 0.4) is 0 Å². The summed E-state index contributed by atoms with van der Waals surface area (Å²) in [5, 5.41) is 0. The second-order valence-electron chi connectivity index (χ2n) is 4.88. The molecule has 1 aromatic rings. The molecule has 0 aromatic heterocycles. The van der Waals surface area contributed by atoms with Crippen molar-refractivity contribution in [3.63, 3.8) is 0 Å². The number of aryl methyl sites for hydroxylation is 1. The van der Waals surface area contributed by atoms with Crippen LogP contribution in [0.2, 0.25) is 0 Å². The molecule has 0 aliphatic carbocycles. The minimum atomic E-state index is -1.62. The number of halogens is 2. The van der Waals surface area contributed by atoms with Crippen molar-refractivity contribution in [2.24, 2.45) is 5.92 Å². The molecule has 0 amide bonds. The molecule has 1 aromatic carbocycles. The average molecular weight is 268 g/mol. The van der Waals surface area contributed by atoms with Crippen LogP contribution in [-0.4, -0.2) is 13.2 Å². The Morgan fingerprint density at radius 2 is 1.84 bits per heavy atom. The van der Waals surface area contributed by atoms with Crippen LogP contribution in [-0.2, 0) is 15.9 Å². The Hall–Kier alpha value is -1.26. The summed E-state index contributed by atoms with van der Waals surface area (Å²) in [5.41, 5.74) is 2.01. The summed E-state index contributed by atoms with van der Waals surface area (Å²) >= 11 is 0. The van der Waals surface area contributed by atoms with Gasteiger partial charge in [-0.25, -0.2) is 0 Å². The molecule has 0 radical (unpaired) electrons. The van der Waals surface area contributed by atoms with E-state index in [1.54, 1.807) is 0 Å². The summed E-state index contributed by atoms with van der Waals surface area (Å²) in [6.07, 6.45) is 0.00226. The predicted molar refractivity (Wildman–Crippen MR) is 68.9 cm³/mol. The van der Waals surface area contributed by atoms with Gasteiger partial charge in [-0.2, -0.15) is 8.78 Å². The molecule has 0 unspecified atom stereocenters. The number of ether oxygens (including phenoxy) is 2. The molecule has 0 spiro atoms. The van der Waals surface area contributed by atoms with Crippen LogP contribution < -0.4 is 0 Å². The van der Waals surface area contributed by atoms with Gasteiger partial charge in [0.2, 0.25) is 0 Å². The molecule has 4 heteroatoms. The number of hydrogen-bond acceptors (Lipinski definition) is 2. The first kappa shape index (κ1) is 14.2. The highest BCUT2D eigenvalue weighted by Gasteiger charge is 2.20. The molecule has 2 rings (SSSR count). The van der Waals surface area contributed by atoms with E-state index in [9.17, 15) is 8.78 Å². The average Bonchev–Trinajstić information content (AvgIpc) is 2.40. The highest BCUT2D eigenvalue weighted by molar-refractivity contribution is 5.24. The summed E-state index contributed by atoms with van der Waals surface area (Å²) in [6.45, 7) is 3.48. The third-order valence-corrected chi connectivity index (χ3v) is 3.05. The lowest BCUT2D eigenvalue weighted by Crippen LogP contribution is -2.24. The van der Waals surface area contributed by atoms with Gasteiger partial charge in [0.1, 0.15) is 0 Å². The van der Waals surface area contributed by atoms with Crippen molar-refractivity contribution in [1.29, 1.82) is 0 Å². The van der Waals surface area contributed by atoms with Crippen molar-refractivity contribution in [2.75, 3.05) is 13.2 Å². The highest BCUT2D eigenvalue weighted by Crippen LogP contribution is 2.25. The maximum Gasteiger partial charge on any atom is 0.266 e. The van der Waals surface area contributed by atoms with Crippen LogP contribution >= 0.6 is 0 Å². The van der Waals surface area contributed by atoms with E-state index in [2.05, 4.69) is 6.92 Å². The van der Waals surface area contributed by atoms with E-state index >= 15 is 0 Å². The Bertz CT molecular complexity index is 416. The van der Waals surface area contributed by atoms with Crippen molar-refractivity contribution in [2.45, 2.75) is 26.1 Å². The molecule has 2 nitrogen and oxygen atoms in total. The molecule has 1 aliphatic heterocycles. The zero-order valence-electron chi connectivity index (χ0n) is 10.9. The number of hydrogen-bond donors (Lipinski definition) is 0. The normalized spacial score (nSPS) is 23.1. The van der Waals surface area contributed by atoms with Gasteiger partial charge in [0.25, 0.3) is 6.08 Å². The van der Waals surface area contributed by atoms with E-state index in [-0.39, 0.29) is 6.29 Å². The summed E-state index contributed by atoms with van der Waals surface area (Å²) < 4.78 is 35.0. The topological polar surface area (TPSA) is 18.5 Å². The Balaban J connectivity index is 1.89. The molecule has 1 saturated heterocycles. The second-order valence-corrected chi connectivity index (χ2v) is 4.88. The standard InChI is InChI=1S/C15H18F2O2/c1-11-9-18-15(19-10-11)13-7-5-12(6-8-13)3-2-4-14(16)17/h4-8,11,15H,2-3,9-10H2,1H3. The van der Waals surface area contributed by atoms with E-state index in [0.717, 1.165) is 17.2 Å². The van der Waals surface area contributed by atoms with Crippen molar-refractivity contribution in [3.8, 4) is 0 Å². The summed E-state index contributed by atoms with van der Waals surface area (Å²) in [5.74, 6) is 0.429. The number of rotatable bonds is 4. The van der Waals surface area contributed by atoms with Gasteiger partial charge >= 0.3 is 0 Å². The van der Waals surface area contributed by atoms with Crippen molar-refractivity contribution in [1.82, 2.24) is 0 Å². The largest absolute Gasteiger partial charge is 0.348 e. The van der Waals surface area contributed by atoms with Crippen molar-refractivity contribution >= 4 is 0 Å². The van der Waals surface area contributed by atoms with Gasteiger partial charge in [0.05, 0.1) is 13.2 Å². The zero-order chi connectivity index (χ0) is 13.7. The van der Waals surface area contributed by atoms with Gasteiger partial charge < -0.3 is 9.47 Å². The maximum absolute atomic E-state index is 11.9. The second kappa shape index (κ2) is 6.78. The third kappa shape index (κ3) is 4.40. The third-order valence-electron chi connectivity index (χ3n) is 3.05. The fourth-order valence-corrected chi connectivity index (χ4v) is 1.98. The molecular formula is C15H18F2O2. The molecule has 1 heterocycles. The number of allylic oxidation sites excluding steroid dienone is 1. The van der Waals surface area contributed by atoms with Crippen molar-refractivity contribution in [3.05, 3.63) is 47.5 Å². The summed E-state index contributed by atoms with van der Waals surface area (Å²) in [6, 6.07) is 7.74. The van der Waals surface area contributed by atoms with E-state index in [1.165, 1.54) is 0 Å². The number of benzene rings is 1. The van der Waals surface area contributed by atoms with E-state index < -0.39 is 6.08 Å². The molecule has 19 heavy (non-hydrogen) atoms. The van der Waals surface area contributed by atoms with Gasteiger partial charge in [0, 0.05) is 11.5 Å². The quantitative estimate of drug-likeness (QED) is 0.819. The Labute approximate surface area is 112 Å². The fourth-order valence-electron chi connectivity index (χ4n) is 1.98. The summed E-state index contributed by atoms with van der Waals surface area (Å²) in [7, 11) is 0. The molecule has 1 aliphatic rings. The minimum absolute atomic E-state index is 0.298. The Kier molecular flexibility index (Phi) is 5.05. The van der Waals surface area contributed by atoms with Gasteiger partial charge in [0.15, 0.2) is 6.29 Å². The Morgan fingerprint density at radius 1 is 1.21 bits per heavy atom. The smallest absolute Gasteiger partial charge is 0.266 e. The van der Waals surface area contributed by atoms with Gasteiger partial charge in [-0.1, -0.05) is 31.2 Å². The highest BCUT2D eigenvalue weighted by atomic mass is 19.3. The molecule has 104 valence electrons. The van der Waals surface area contributed by atoms with Gasteiger partial charge in [-0.05, 0) is 24.5 Å².